The van der Waals surface area contributed by atoms with Crippen LogP contribution >= 0.6 is 0 Å². The molecule has 2 rings (SSSR count). The van der Waals surface area contributed by atoms with Gasteiger partial charge in [-0.1, -0.05) is 48.5 Å². The lowest BCUT2D eigenvalue weighted by Crippen LogP contribution is -2.34. The molecule has 4 heteroatoms. The van der Waals surface area contributed by atoms with Crippen molar-refractivity contribution in [3.05, 3.63) is 65.7 Å². The van der Waals surface area contributed by atoms with Gasteiger partial charge in [0, 0.05) is 18.5 Å². The predicted octanol–water partition coefficient (Wildman–Crippen LogP) is 1.96. The number of rotatable bonds is 7. The predicted molar refractivity (Wildman–Crippen MR) is 85.9 cm³/mol. The lowest BCUT2D eigenvalue weighted by molar-refractivity contribution is -0.120. The third-order valence-electron chi connectivity index (χ3n) is 3.39. The summed E-state index contributed by atoms with van der Waals surface area (Å²) >= 11 is 0. The molecule has 0 aliphatic heterocycles. The van der Waals surface area contributed by atoms with E-state index in [0.29, 0.717) is 12.2 Å². The minimum atomic E-state index is -0.594. The number of hydrogen-bond acceptors (Lipinski definition) is 3. The standard InChI is InChI=1S/C18H21NO3/c1-22-17-10-6-5-9-15(17)12-18(21)19-13-16(20)11-14-7-3-2-4-8-14/h2-10,16,20H,11-13H2,1H3,(H,19,21). The van der Waals surface area contributed by atoms with Crippen molar-refractivity contribution in [3.8, 4) is 5.75 Å². The van der Waals surface area contributed by atoms with Crippen LogP contribution < -0.4 is 10.1 Å². The van der Waals surface area contributed by atoms with Gasteiger partial charge in [0.1, 0.15) is 5.75 Å². The third-order valence-corrected chi connectivity index (χ3v) is 3.39. The fraction of sp³-hybridized carbons (Fsp3) is 0.278. The van der Waals surface area contributed by atoms with Gasteiger partial charge in [0.05, 0.1) is 19.6 Å². The van der Waals surface area contributed by atoms with Gasteiger partial charge in [0.15, 0.2) is 0 Å². The summed E-state index contributed by atoms with van der Waals surface area (Å²) in [6.07, 6.45) is 0.168. The van der Waals surface area contributed by atoms with Crippen LogP contribution in [0.5, 0.6) is 5.75 Å². The summed E-state index contributed by atoms with van der Waals surface area (Å²) in [5.41, 5.74) is 1.88. The maximum Gasteiger partial charge on any atom is 0.224 e. The van der Waals surface area contributed by atoms with E-state index in [0.717, 1.165) is 11.1 Å². The molecule has 0 radical (unpaired) electrons. The summed E-state index contributed by atoms with van der Waals surface area (Å²) in [6.45, 7) is 0.239. The second kappa shape index (κ2) is 8.20. The summed E-state index contributed by atoms with van der Waals surface area (Å²) in [5, 5.41) is 12.7. The van der Waals surface area contributed by atoms with E-state index >= 15 is 0 Å². The largest absolute Gasteiger partial charge is 0.496 e. The van der Waals surface area contributed by atoms with E-state index in [2.05, 4.69) is 5.32 Å². The van der Waals surface area contributed by atoms with Gasteiger partial charge in [0.2, 0.25) is 5.91 Å². The highest BCUT2D eigenvalue weighted by atomic mass is 16.5. The minimum Gasteiger partial charge on any atom is -0.496 e. The summed E-state index contributed by atoms with van der Waals surface area (Å²) in [6, 6.07) is 17.1. The van der Waals surface area contributed by atoms with E-state index in [1.165, 1.54) is 0 Å². The fourth-order valence-corrected chi connectivity index (χ4v) is 2.27. The summed E-state index contributed by atoms with van der Waals surface area (Å²) in [7, 11) is 1.58. The Morgan fingerprint density at radius 1 is 1.14 bits per heavy atom. The lowest BCUT2D eigenvalue weighted by atomic mass is 10.1. The van der Waals surface area contributed by atoms with Crippen molar-refractivity contribution in [1.82, 2.24) is 5.32 Å². The highest BCUT2D eigenvalue weighted by Gasteiger charge is 2.10. The van der Waals surface area contributed by atoms with E-state index in [-0.39, 0.29) is 18.9 Å². The molecule has 2 aromatic carbocycles. The van der Waals surface area contributed by atoms with E-state index < -0.39 is 6.10 Å². The number of amides is 1. The molecule has 0 aliphatic carbocycles. The SMILES string of the molecule is COc1ccccc1CC(=O)NCC(O)Cc1ccccc1. The molecule has 1 amide bonds. The highest BCUT2D eigenvalue weighted by molar-refractivity contribution is 5.79. The van der Waals surface area contributed by atoms with Gasteiger partial charge in [0.25, 0.3) is 0 Å². The van der Waals surface area contributed by atoms with Gasteiger partial charge in [-0.25, -0.2) is 0 Å². The Balaban J connectivity index is 1.80. The van der Waals surface area contributed by atoms with Crippen LogP contribution in [0.1, 0.15) is 11.1 Å². The zero-order chi connectivity index (χ0) is 15.8. The van der Waals surface area contributed by atoms with Crippen LogP contribution in [-0.2, 0) is 17.6 Å². The van der Waals surface area contributed by atoms with Crippen molar-refractivity contribution in [3.63, 3.8) is 0 Å². The smallest absolute Gasteiger partial charge is 0.224 e. The molecule has 0 bridgehead atoms. The number of carbonyl (C=O) groups is 1. The first-order chi connectivity index (χ1) is 10.7. The van der Waals surface area contributed by atoms with Crippen molar-refractivity contribution in [2.24, 2.45) is 0 Å². The van der Waals surface area contributed by atoms with E-state index in [1.807, 2.05) is 54.6 Å². The van der Waals surface area contributed by atoms with Gasteiger partial charge in [-0.3, -0.25) is 4.79 Å². The molecule has 116 valence electrons. The van der Waals surface area contributed by atoms with Gasteiger partial charge in [-0.2, -0.15) is 0 Å². The number of nitrogens with one attached hydrogen (secondary N) is 1. The van der Waals surface area contributed by atoms with Crippen molar-refractivity contribution in [1.29, 1.82) is 0 Å². The van der Waals surface area contributed by atoms with Crippen LogP contribution in [0.15, 0.2) is 54.6 Å². The summed E-state index contributed by atoms with van der Waals surface area (Å²) in [4.78, 5) is 12.0. The molecule has 4 nitrogen and oxygen atoms in total. The Hall–Kier alpha value is -2.33. The number of methoxy groups -OCH3 is 1. The molecule has 1 atom stereocenters. The average Bonchev–Trinajstić information content (AvgIpc) is 2.54. The molecule has 0 aliphatic rings. The number of para-hydroxylation sites is 1. The molecule has 0 saturated carbocycles. The molecule has 0 fully saturated rings. The zero-order valence-corrected chi connectivity index (χ0v) is 12.7. The Bertz CT molecular complexity index is 598. The number of aliphatic hydroxyl groups excluding tert-OH is 1. The molecule has 0 aromatic heterocycles. The Labute approximate surface area is 130 Å². The maximum absolute atomic E-state index is 12.0. The minimum absolute atomic E-state index is 0.128. The molecule has 2 aromatic rings. The quantitative estimate of drug-likeness (QED) is 0.821. The lowest BCUT2D eigenvalue weighted by Gasteiger charge is -2.13. The number of carbonyl (C=O) groups excluding carboxylic acids is 1. The molecule has 0 heterocycles. The van der Waals surface area contributed by atoms with E-state index in [9.17, 15) is 9.90 Å². The van der Waals surface area contributed by atoms with Crippen LogP contribution in [-0.4, -0.2) is 30.8 Å². The van der Waals surface area contributed by atoms with Crippen molar-refractivity contribution >= 4 is 5.91 Å². The Morgan fingerprint density at radius 3 is 2.55 bits per heavy atom. The van der Waals surface area contributed by atoms with Crippen molar-refractivity contribution < 1.29 is 14.6 Å². The van der Waals surface area contributed by atoms with Crippen LogP contribution in [0, 0.1) is 0 Å². The molecule has 2 N–H and O–H groups in total. The number of ether oxygens (including phenoxy) is 1. The fourth-order valence-electron chi connectivity index (χ4n) is 2.27. The monoisotopic (exact) mass is 299 g/mol. The van der Waals surface area contributed by atoms with Crippen LogP contribution in [0.4, 0.5) is 0 Å². The van der Waals surface area contributed by atoms with Gasteiger partial charge < -0.3 is 15.2 Å². The van der Waals surface area contributed by atoms with Crippen LogP contribution in [0.25, 0.3) is 0 Å². The van der Waals surface area contributed by atoms with Crippen molar-refractivity contribution in [2.45, 2.75) is 18.9 Å². The highest BCUT2D eigenvalue weighted by Crippen LogP contribution is 2.17. The number of aliphatic hydroxyl groups is 1. The maximum atomic E-state index is 12.0. The van der Waals surface area contributed by atoms with E-state index in [1.54, 1.807) is 7.11 Å². The first-order valence-corrected chi connectivity index (χ1v) is 7.29. The van der Waals surface area contributed by atoms with Crippen LogP contribution in [0.3, 0.4) is 0 Å². The Morgan fingerprint density at radius 2 is 1.82 bits per heavy atom. The number of benzene rings is 2. The zero-order valence-electron chi connectivity index (χ0n) is 12.7. The Kier molecular flexibility index (Phi) is 5.98. The van der Waals surface area contributed by atoms with Gasteiger partial charge >= 0.3 is 0 Å². The average molecular weight is 299 g/mol. The number of hydrogen-bond donors (Lipinski definition) is 2. The van der Waals surface area contributed by atoms with Crippen LogP contribution in [0.2, 0.25) is 0 Å². The molecular formula is C18H21NO3. The molecule has 1 unspecified atom stereocenters. The molecule has 0 spiro atoms. The molecule has 22 heavy (non-hydrogen) atoms. The third kappa shape index (κ3) is 4.90. The summed E-state index contributed by atoms with van der Waals surface area (Å²) in [5.74, 6) is 0.569. The molecular weight excluding hydrogens is 278 g/mol. The topological polar surface area (TPSA) is 58.6 Å². The normalized spacial score (nSPS) is 11.7. The molecule has 0 saturated heterocycles. The van der Waals surface area contributed by atoms with Gasteiger partial charge in [-0.05, 0) is 11.6 Å². The van der Waals surface area contributed by atoms with Gasteiger partial charge in [-0.15, -0.1) is 0 Å². The van der Waals surface area contributed by atoms with Crippen molar-refractivity contribution in [2.75, 3.05) is 13.7 Å². The first-order valence-electron chi connectivity index (χ1n) is 7.29. The first kappa shape index (κ1) is 16.0. The second-order valence-electron chi connectivity index (χ2n) is 5.14. The van der Waals surface area contributed by atoms with E-state index in [4.69, 9.17) is 4.74 Å². The summed E-state index contributed by atoms with van der Waals surface area (Å²) < 4.78 is 5.22. The second-order valence-corrected chi connectivity index (χ2v) is 5.14.